The summed E-state index contributed by atoms with van der Waals surface area (Å²) in [4.78, 5) is 8.07. The second kappa shape index (κ2) is 6.36. The summed E-state index contributed by atoms with van der Waals surface area (Å²) in [7, 11) is 0. The largest absolute Gasteiger partial charge is 0.485 e. The molecule has 0 unspecified atom stereocenters. The number of ether oxygens (including phenoxy) is 2. The third-order valence-electron chi connectivity index (χ3n) is 4.44. The Kier molecular flexibility index (Phi) is 4.10. The van der Waals surface area contributed by atoms with Crippen LogP contribution in [0, 0.1) is 0 Å². The van der Waals surface area contributed by atoms with Crippen LogP contribution < -0.4 is 4.74 Å². The zero-order chi connectivity index (χ0) is 14.8. The van der Waals surface area contributed by atoms with Gasteiger partial charge in [0.05, 0.1) is 6.20 Å². The number of rotatable bonds is 4. The second-order valence-electron chi connectivity index (χ2n) is 5.90. The Balaban J connectivity index is 1.50. The molecule has 2 aliphatic heterocycles. The molecule has 2 saturated heterocycles. The average Bonchev–Trinajstić information content (AvgIpc) is 3.18. The van der Waals surface area contributed by atoms with Crippen LogP contribution in [-0.4, -0.2) is 41.3 Å². The van der Waals surface area contributed by atoms with Crippen LogP contribution in [0.3, 0.4) is 0 Å². The Hall–Kier alpha value is -1.43. The molecule has 4 nitrogen and oxygen atoms in total. The normalized spacial score (nSPS) is 28.5. The topological polar surface area (TPSA) is 34.6 Å². The SMILES string of the molecule is c1cncc(O[C@H]2CN(Cc3cccs3)[C@H]3CCCO[C@H]23)c1. The van der Waals surface area contributed by atoms with E-state index in [0.717, 1.165) is 31.9 Å². The smallest absolute Gasteiger partial charge is 0.139 e. The lowest BCUT2D eigenvalue weighted by molar-refractivity contribution is -0.0471. The lowest BCUT2D eigenvalue weighted by atomic mass is 10.0. The fraction of sp³-hybridized carbons (Fsp3) is 0.471. The number of likely N-dealkylation sites (tertiary alicyclic amines) is 1. The first kappa shape index (κ1) is 14.2. The van der Waals surface area contributed by atoms with E-state index in [1.54, 1.807) is 12.4 Å². The molecule has 3 atom stereocenters. The Morgan fingerprint density at radius 1 is 1.36 bits per heavy atom. The molecule has 2 aliphatic rings. The second-order valence-corrected chi connectivity index (χ2v) is 6.93. The van der Waals surface area contributed by atoms with E-state index in [-0.39, 0.29) is 12.2 Å². The van der Waals surface area contributed by atoms with Crippen molar-refractivity contribution < 1.29 is 9.47 Å². The monoisotopic (exact) mass is 316 g/mol. The lowest BCUT2D eigenvalue weighted by Crippen LogP contribution is -2.42. The minimum Gasteiger partial charge on any atom is -0.485 e. The van der Waals surface area contributed by atoms with Crippen LogP contribution in [-0.2, 0) is 11.3 Å². The summed E-state index contributed by atoms with van der Waals surface area (Å²) in [5.74, 6) is 0.832. The summed E-state index contributed by atoms with van der Waals surface area (Å²) in [6.45, 7) is 2.76. The molecule has 2 aromatic heterocycles. The lowest BCUT2D eigenvalue weighted by Gasteiger charge is -2.32. The zero-order valence-corrected chi connectivity index (χ0v) is 13.2. The van der Waals surface area contributed by atoms with E-state index in [4.69, 9.17) is 9.47 Å². The Labute approximate surface area is 134 Å². The Morgan fingerprint density at radius 3 is 3.18 bits per heavy atom. The summed E-state index contributed by atoms with van der Waals surface area (Å²) in [6.07, 6.45) is 6.15. The van der Waals surface area contributed by atoms with Crippen molar-refractivity contribution >= 4 is 11.3 Å². The van der Waals surface area contributed by atoms with Crippen LogP contribution >= 0.6 is 11.3 Å². The van der Waals surface area contributed by atoms with Crippen LogP contribution in [0.5, 0.6) is 5.75 Å². The molecule has 0 aromatic carbocycles. The van der Waals surface area contributed by atoms with Gasteiger partial charge in [0, 0.05) is 36.8 Å². The third kappa shape index (κ3) is 2.89. The van der Waals surface area contributed by atoms with Crippen molar-refractivity contribution in [2.24, 2.45) is 0 Å². The maximum atomic E-state index is 6.17. The highest BCUT2D eigenvalue weighted by molar-refractivity contribution is 7.09. The van der Waals surface area contributed by atoms with Crippen molar-refractivity contribution in [3.8, 4) is 5.75 Å². The summed E-state index contributed by atoms with van der Waals surface area (Å²) in [6, 6.07) is 8.67. The number of hydrogen-bond donors (Lipinski definition) is 0. The van der Waals surface area contributed by atoms with Crippen LogP contribution in [0.15, 0.2) is 42.0 Å². The third-order valence-corrected chi connectivity index (χ3v) is 5.31. The quantitative estimate of drug-likeness (QED) is 0.868. The van der Waals surface area contributed by atoms with E-state index in [1.807, 2.05) is 23.5 Å². The van der Waals surface area contributed by atoms with Crippen LogP contribution in [0.4, 0.5) is 0 Å². The van der Waals surface area contributed by atoms with Gasteiger partial charge in [-0.1, -0.05) is 6.07 Å². The highest BCUT2D eigenvalue weighted by Gasteiger charge is 2.45. The molecule has 2 fully saturated rings. The Bertz CT molecular complexity index is 590. The fourth-order valence-corrected chi connectivity index (χ4v) is 4.21. The summed E-state index contributed by atoms with van der Waals surface area (Å²) >= 11 is 1.82. The van der Waals surface area contributed by atoms with Crippen LogP contribution in [0.1, 0.15) is 17.7 Å². The highest BCUT2D eigenvalue weighted by Crippen LogP contribution is 2.32. The molecular formula is C17H20N2O2S. The number of pyridine rings is 1. The van der Waals surface area contributed by atoms with Crippen molar-refractivity contribution in [2.75, 3.05) is 13.2 Å². The van der Waals surface area contributed by atoms with Gasteiger partial charge in [-0.3, -0.25) is 9.88 Å². The molecule has 4 heterocycles. The maximum absolute atomic E-state index is 6.17. The number of nitrogens with zero attached hydrogens (tertiary/aromatic N) is 2. The molecule has 0 spiro atoms. The van der Waals surface area contributed by atoms with E-state index >= 15 is 0 Å². The standard InChI is InChI=1S/C17H20N2O2S/c1-4-13(10-18-7-1)21-16-12-19(11-14-5-3-9-22-14)15-6-2-8-20-17(15)16/h1,3-5,7,9-10,15-17H,2,6,8,11-12H2/t15-,16-,17-/m0/s1. The molecule has 2 aromatic rings. The van der Waals surface area contributed by atoms with Gasteiger partial charge in [0.15, 0.2) is 0 Å². The van der Waals surface area contributed by atoms with E-state index in [1.165, 1.54) is 11.3 Å². The summed E-state index contributed by atoms with van der Waals surface area (Å²) in [5, 5.41) is 2.14. The van der Waals surface area contributed by atoms with Gasteiger partial charge in [0.25, 0.3) is 0 Å². The molecule has 0 amide bonds. The summed E-state index contributed by atoms with van der Waals surface area (Å²) < 4.78 is 12.2. The van der Waals surface area contributed by atoms with Crippen molar-refractivity contribution in [3.05, 3.63) is 46.9 Å². The van der Waals surface area contributed by atoms with E-state index in [2.05, 4.69) is 27.4 Å². The first-order valence-electron chi connectivity index (χ1n) is 7.85. The molecule has 0 saturated carbocycles. The van der Waals surface area contributed by atoms with Gasteiger partial charge in [0.1, 0.15) is 18.0 Å². The molecule has 5 heteroatoms. The molecule has 0 radical (unpaired) electrons. The van der Waals surface area contributed by atoms with Gasteiger partial charge in [-0.2, -0.15) is 0 Å². The molecule has 4 rings (SSSR count). The van der Waals surface area contributed by atoms with E-state index in [0.29, 0.717) is 6.04 Å². The maximum Gasteiger partial charge on any atom is 0.139 e. The van der Waals surface area contributed by atoms with E-state index < -0.39 is 0 Å². The highest BCUT2D eigenvalue weighted by atomic mass is 32.1. The number of thiophene rings is 1. The molecule has 0 aliphatic carbocycles. The molecule has 22 heavy (non-hydrogen) atoms. The molecule has 116 valence electrons. The molecular weight excluding hydrogens is 296 g/mol. The van der Waals surface area contributed by atoms with Gasteiger partial charge in [-0.25, -0.2) is 0 Å². The van der Waals surface area contributed by atoms with Crippen LogP contribution in [0.2, 0.25) is 0 Å². The van der Waals surface area contributed by atoms with Crippen molar-refractivity contribution in [1.82, 2.24) is 9.88 Å². The van der Waals surface area contributed by atoms with Crippen LogP contribution in [0.25, 0.3) is 0 Å². The molecule has 0 bridgehead atoms. The number of fused-ring (bicyclic) bond motifs is 1. The molecule has 0 N–H and O–H groups in total. The number of aromatic nitrogens is 1. The average molecular weight is 316 g/mol. The van der Waals surface area contributed by atoms with Gasteiger partial charge in [-0.15, -0.1) is 11.3 Å². The van der Waals surface area contributed by atoms with Crippen molar-refractivity contribution in [1.29, 1.82) is 0 Å². The van der Waals surface area contributed by atoms with Crippen molar-refractivity contribution in [2.45, 2.75) is 37.6 Å². The fourth-order valence-electron chi connectivity index (χ4n) is 3.48. The van der Waals surface area contributed by atoms with E-state index in [9.17, 15) is 0 Å². The van der Waals surface area contributed by atoms with Gasteiger partial charge >= 0.3 is 0 Å². The van der Waals surface area contributed by atoms with Gasteiger partial charge in [-0.05, 0) is 36.4 Å². The number of hydrogen-bond acceptors (Lipinski definition) is 5. The zero-order valence-electron chi connectivity index (χ0n) is 12.4. The van der Waals surface area contributed by atoms with Gasteiger partial charge < -0.3 is 9.47 Å². The minimum atomic E-state index is 0.0921. The Morgan fingerprint density at radius 2 is 2.36 bits per heavy atom. The summed E-state index contributed by atoms with van der Waals surface area (Å²) in [5.41, 5.74) is 0. The first-order chi connectivity index (χ1) is 10.9. The van der Waals surface area contributed by atoms with Gasteiger partial charge in [0.2, 0.25) is 0 Å². The predicted molar refractivity (Wildman–Crippen MR) is 86.1 cm³/mol. The van der Waals surface area contributed by atoms with Crippen molar-refractivity contribution in [3.63, 3.8) is 0 Å². The first-order valence-corrected chi connectivity index (χ1v) is 8.73. The predicted octanol–water partition coefficient (Wildman–Crippen LogP) is 2.95. The minimum absolute atomic E-state index is 0.0921.